The minimum absolute atomic E-state index is 0.361. The van der Waals surface area contributed by atoms with Crippen LogP contribution in [0.5, 0.6) is 0 Å². The SMILES string of the molecule is O=c1oc(C2(O)CCCC2)cc2cc(Cl)ccc12. The van der Waals surface area contributed by atoms with Crippen LogP contribution in [-0.4, -0.2) is 5.11 Å². The van der Waals surface area contributed by atoms with Crippen molar-refractivity contribution in [3.63, 3.8) is 0 Å². The van der Waals surface area contributed by atoms with E-state index in [0.29, 0.717) is 34.4 Å². The van der Waals surface area contributed by atoms with Crippen molar-refractivity contribution in [3.05, 3.63) is 45.5 Å². The molecule has 1 aromatic heterocycles. The lowest BCUT2D eigenvalue weighted by atomic mass is 9.97. The molecule has 18 heavy (non-hydrogen) atoms. The Morgan fingerprint density at radius 3 is 2.67 bits per heavy atom. The molecule has 0 unspecified atom stereocenters. The Kier molecular flexibility index (Phi) is 2.68. The first-order chi connectivity index (χ1) is 8.58. The molecule has 1 N–H and O–H groups in total. The largest absolute Gasteiger partial charge is 0.424 e. The zero-order valence-electron chi connectivity index (χ0n) is 9.78. The Labute approximate surface area is 109 Å². The molecule has 1 fully saturated rings. The zero-order valence-corrected chi connectivity index (χ0v) is 10.5. The molecule has 0 radical (unpaired) electrons. The van der Waals surface area contributed by atoms with Crippen LogP contribution in [0.25, 0.3) is 10.8 Å². The second kappa shape index (κ2) is 4.11. The summed E-state index contributed by atoms with van der Waals surface area (Å²) in [6.07, 6.45) is 3.19. The average molecular weight is 265 g/mol. The summed E-state index contributed by atoms with van der Waals surface area (Å²) in [4.78, 5) is 11.9. The summed E-state index contributed by atoms with van der Waals surface area (Å²) in [5, 5.41) is 12.2. The van der Waals surface area contributed by atoms with Gasteiger partial charge in [-0.3, -0.25) is 0 Å². The van der Waals surface area contributed by atoms with Gasteiger partial charge in [-0.25, -0.2) is 4.79 Å². The molecule has 3 rings (SSSR count). The molecule has 0 atom stereocenters. The van der Waals surface area contributed by atoms with Crippen LogP contribution >= 0.6 is 11.6 Å². The minimum atomic E-state index is -0.990. The third-order valence-corrected chi connectivity index (χ3v) is 3.85. The standard InChI is InChI=1S/C14H13ClO3/c15-10-3-4-11-9(7-10)8-12(18-13(11)16)14(17)5-1-2-6-14/h3-4,7-8,17H,1-2,5-6H2. The van der Waals surface area contributed by atoms with Gasteiger partial charge in [0.15, 0.2) is 0 Å². The number of fused-ring (bicyclic) bond motifs is 1. The maximum atomic E-state index is 11.9. The van der Waals surface area contributed by atoms with Gasteiger partial charge in [0.25, 0.3) is 0 Å². The maximum absolute atomic E-state index is 11.9. The molecule has 94 valence electrons. The fraction of sp³-hybridized carbons (Fsp3) is 0.357. The predicted octanol–water partition coefficient (Wildman–Crippen LogP) is 3.21. The van der Waals surface area contributed by atoms with E-state index >= 15 is 0 Å². The van der Waals surface area contributed by atoms with Crippen LogP contribution in [0.4, 0.5) is 0 Å². The van der Waals surface area contributed by atoms with Gasteiger partial charge in [-0.05, 0) is 55.3 Å². The number of rotatable bonds is 1. The monoisotopic (exact) mass is 264 g/mol. The van der Waals surface area contributed by atoms with Gasteiger partial charge in [0.2, 0.25) is 0 Å². The summed E-state index contributed by atoms with van der Waals surface area (Å²) in [7, 11) is 0. The number of hydrogen-bond donors (Lipinski definition) is 1. The van der Waals surface area contributed by atoms with Crippen LogP contribution in [0, 0.1) is 0 Å². The van der Waals surface area contributed by atoms with E-state index in [9.17, 15) is 9.90 Å². The average Bonchev–Trinajstić information content (AvgIpc) is 2.77. The highest BCUT2D eigenvalue weighted by atomic mass is 35.5. The van der Waals surface area contributed by atoms with Crippen molar-refractivity contribution in [2.75, 3.05) is 0 Å². The lowest BCUT2D eigenvalue weighted by molar-refractivity contribution is 0.0194. The van der Waals surface area contributed by atoms with E-state index in [-0.39, 0.29) is 0 Å². The van der Waals surface area contributed by atoms with Gasteiger partial charge in [0.05, 0.1) is 5.39 Å². The molecule has 0 aliphatic heterocycles. The summed E-state index contributed by atoms with van der Waals surface area (Å²) < 4.78 is 5.27. The van der Waals surface area contributed by atoms with Crippen molar-refractivity contribution in [1.29, 1.82) is 0 Å². The lowest BCUT2D eigenvalue weighted by Crippen LogP contribution is -2.22. The van der Waals surface area contributed by atoms with Crippen LogP contribution in [-0.2, 0) is 5.60 Å². The Morgan fingerprint density at radius 2 is 1.94 bits per heavy atom. The topological polar surface area (TPSA) is 50.4 Å². The molecule has 0 spiro atoms. The van der Waals surface area contributed by atoms with E-state index in [1.54, 1.807) is 24.3 Å². The molecule has 1 aromatic carbocycles. The first-order valence-corrected chi connectivity index (χ1v) is 6.43. The van der Waals surface area contributed by atoms with E-state index in [4.69, 9.17) is 16.0 Å². The molecule has 0 amide bonds. The number of hydrogen-bond acceptors (Lipinski definition) is 3. The predicted molar refractivity (Wildman–Crippen MR) is 69.9 cm³/mol. The molecule has 1 heterocycles. The highest BCUT2D eigenvalue weighted by Crippen LogP contribution is 2.38. The first-order valence-electron chi connectivity index (χ1n) is 6.05. The molecular weight excluding hydrogens is 252 g/mol. The fourth-order valence-corrected chi connectivity index (χ4v) is 2.78. The third-order valence-electron chi connectivity index (χ3n) is 3.61. The minimum Gasteiger partial charge on any atom is -0.424 e. The normalized spacial score (nSPS) is 18.3. The maximum Gasteiger partial charge on any atom is 0.343 e. The quantitative estimate of drug-likeness (QED) is 0.860. The molecule has 2 aromatic rings. The number of benzene rings is 1. The molecular formula is C14H13ClO3. The van der Waals surface area contributed by atoms with E-state index < -0.39 is 11.2 Å². The highest BCUT2D eigenvalue weighted by molar-refractivity contribution is 6.31. The van der Waals surface area contributed by atoms with Gasteiger partial charge in [-0.1, -0.05) is 11.6 Å². The van der Waals surface area contributed by atoms with Crippen LogP contribution in [0.15, 0.2) is 33.5 Å². The number of halogens is 1. The molecule has 3 nitrogen and oxygen atoms in total. The van der Waals surface area contributed by atoms with Crippen molar-refractivity contribution in [2.24, 2.45) is 0 Å². The fourth-order valence-electron chi connectivity index (χ4n) is 2.60. The van der Waals surface area contributed by atoms with Gasteiger partial charge in [0, 0.05) is 5.02 Å². The smallest absolute Gasteiger partial charge is 0.343 e. The molecule has 1 saturated carbocycles. The van der Waals surface area contributed by atoms with Crippen molar-refractivity contribution in [2.45, 2.75) is 31.3 Å². The van der Waals surface area contributed by atoms with Crippen molar-refractivity contribution < 1.29 is 9.52 Å². The summed E-state index contributed by atoms with van der Waals surface area (Å²) in [6.45, 7) is 0. The lowest BCUT2D eigenvalue weighted by Gasteiger charge is -2.20. The van der Waals surface area contributed by atoms with E-state index in [1.807, 2.05) is 0 Å². The van der Waals surface area contributed by atoms with Crippen LogP contribution in [0.1, 0.15) is 31.4 Å². The van der Waals surface area contributed by atoms with E-state index in [0.717, 1.165) is 12.8 Å². The summed E-state index contributed by atoms with van der Waals surface area (Å²) in [5.74, 6) is 0.361. The third kappa shape index (κ3) is 1.84. The van der Waals surface area contributed by atoms with Gasteiger partial charge in [-0.2, -0.15) is 0 Å². The second-order valence-corrected chi connectivity index (χ2v) is 5.30. The van der Waals surface area contributed by atoms with Crippen molar-refractivity contribution in [1.82, 2.24) is 0 Å². The van der Waals surface area contributed by atoms with Gasteiger partial charge >= 0.3 is 5.63 Å². The van der Waals surface area contributed by atoms with Crippen molar-refractivity contribution >= 4 is 22.4 Å². The number of aliphatic hydroxyl groups is 1. The van der Waals surface area contributed by atoms with Gasteiger partial charge in [0.1, 0.15) is 11.4 Å². The summed E-state index contributed by atoms with van der Waals surface area (Å²) >= 11 is 5.92. The van der Waals surface area contributed by atoms with Gasteiger partial charge in [-0.15, -0.1) is 0 Å². The Hall–Kier alpha value is -1.32. The van der Waals surface area contributed by atoms with Crippen LogP contribution in [0.2, 0.25) is 5.02 Å². The summed E-state index contributed by atoms with van der Waals surface area (Å²) in [6, 6.07) is 6.75. The van der Waals surface area contributed by atoms with E-state index in [2.05, 4.69) is 0 Å². The highest BCUT2D eigenvalue weighted by Gasteiger charge is 2.36. The van der Waals surface area contributed by atoms with E-state index in [1.165, 1.54) is 0 Å². The zero-order chi connectivity index (χ0) is 12.8. The Morgan fingerprint density at radius 1 is 1.22 bits per heavy atom. The van der Waals surface area contributed by atoms with Gasteiger partial charge < -0.3 is 9.52 Å². The molecule has 0 saturated heterocycles. The summed E-state index contributed by atoms with van der Waals surface area (Å²) in [5.41, 5.74) is -1.41. The molecule has 1 aliphatic rings. The van der Waals surface area contributed by atoms with Crippen LogP contribution < -0.4 is 5.63 Å². The first kappa shape index (κ1) is 11.8. The second-order valence-electron chi connectivity index (χ2n) is 4.87. The molecule has 0 bridgehead atoms. The van der Waals surface area contributed by atoms with Crippen molar-refractivity contribution in [3.8, 4) is 0 Å². The molecule has 1 aliphatic carbocycles. The molecule has 4 heteroatoms. The van der Waals surface area contributed by atoms with Crippen LogP contribution in [0.3, 0.4) is 0 Å². The Balaban J connectivity index is 2.23. The Bertz CT molecular complexity index is 654.